The summed E-state index contributed by atoms with van der Waals surface area (Å²) in [6.07, 6.45) is 25.8. The third kappa shape index (κ3) is 17.9. The van der Waals surface area contributed by atoms with Gasteiger partial charge in [0.1, 0.15) is 22.1 Å². The van der Waals surface area contributed by atoms with E-state index in [1.54, 1.807) is 12.4 Å². The summed E-state index contributed by atoms with van der Waals surface area (Å²) in [5, 5.41) is 9.15. The Balaban J connectivity index is 0.000000267. The number of rotatable bonds is 26. The Morgan fingerprint density at radius 2 is 1.32 bits per heavy atom. The minimum absolute atomic E-state index is 0.170. The molecule has 0 aliphatic rings. The predicted molar refractivity (Wildman–Crippen MR) is 243 cm³/mol. The number of anilines is 2. The number of unbranched alkanes of at least 4 members (excludes halogenated alkanes) is 12. The van der Waals surface area contributed by atoms with E-state index in [1.807, 2.05) is 31.2 Å². The molecule has 0 radical (unpaired) electrons. The van der Waals surface area contributed by atoms with Gasteiger partial charge in [0.15, 0.2) is 11.3 Å². The number of hydrogen-bond acceptors (Lipinski definition) is 12. The van der Waals surface area contributed by atoms with Gasteiger partial charge in [0, 0.05) is 25.0 Å². The van der Waals surface area contributed by atoms with E-state index < -0.39 is 0 Å². The standard InChI is InChI=1S/C26H45N5OS.C17H20N6O2S/c1-3-5-7-9-11-12-14-16-19-22(18-15-13-10-8-6-4-2)28-26(32)30-29-25-23-20-17-21-27-24(23)31-33-25;1-11-4-5-14(12(2)8-11)25-7-3-6-19-17(24)22-21-16-13-9-18-10-20-15(13)23-26-16/h17,20-22,29H,3-16,18-19H2,1-2H3,(H2,28,30,32);4-5,8-10,21H,3,6-7H2,1-2H3,(H2,19,22,24). The molecule has 0 aliphatic heterocycles. The van der Waals surface area contributed by atoms with Crippen molar-refractivity contribution in [1.29, 1.82) is 0 Å². The van der Waals surface area contributed by atoms with Crippen LogP contribution in [0.25, 0.3) is 22.1 Å². The molecule has 322 valence electrons. The maximum Gasteiger partial charge on any atom is 0.333 e. The number of carbonyl (C=O) groups is 2. The van der Waals surface area contributed by atoms with E-state index in [0.717, 1.165) is 39.9 Å². The number of nitrogens with one attached hydrogen (secondary N) is 6. The van der Waals surface area contributed by atoms with E-state index in [2.05, 4.69) is 82.9 Å². The van der Waals surface area contributed by atoms with Crippen molar-refractivity contribution in [2.24, 2.45) is 0 Å². The van der Waals surface area contributed by atoms with Crippen molar-refractivity contribution in [3.63, 3.8) is 0 Å². The number of benzene rings is 1. The molecule has 4 amide bonds. The van der Waals surface area contributed by atoms with Crippen LogP contribution >= 0.6 is 23.1 Å². The molecule has 1 atom stereocenters. The fourth-order valence-corrected chi connectivity index (χ4v) is 7.89. The smallest absolute Gasteiger partial charge is 0.333 e. The number of amides is 4. The lowest BCUT2D eigenvalue weighted by Gasteiger charge is -2.19. The maximum absolute atomic E-state index is 12.6. The van der Waals surface area contributed by atoms with Crippen molar-refractivity contribution in [2.45, 2.75) is 143 Å². The third-order valence-corrected chi connectivity index (χ3v) is 11.4. The van der Waals surface area contributed by atoms with Crippen molar-refractivity contribution in [3.05, 3.63) is 60.2 Å². The third-order valence-electron chi connectivity index (χ3n) is 9.84. The van der Waals surface area contributed by atoms with Crippen LogP contribution in [0.4, 0.5) is 19.6 Å². The molecule has 6 N–H and O–H groups in total. The van der Waals surface area contributed by atoms with Gasteiger partial charge in [0.2, 0.25) is 0 Å². The fraction of sp³-hybridized carbons (Fsp3) is 0.558. The minimum atomic E-state index is -0.324. The summed E-state index contributed by atoms with van der Waals surface area (Å²) < 4.78 is 14.2. The van der Waals surface area contributed by atoms with Gasteiger partial charge in [0.05, 0.1) is 17.4 Å². The molecule has 0 aliphatic carbocycles. The molecule has 0 spiro atoms. The van der Waals surface area contributed by atoms with Gasteiger partial charge in [-0.05, 0) is 79.9 Å². The van der Waals surface area contributed by atoms with Gasteiger partial charge >= 0.3 is 12.1 Å². The molecular formula is C43H65N11O3S2. The van der Waals surface area contributed by atoms with Crippen LogP contribution < -0.4 is 37.1 Å². The normalized spacial score (nSPS) is 11.4. The van der Waals surface area contributed by atoms with Crippen LogP contribution in [0, 0.1) is 13.8 Å². The summed E-state index contributed by atoms with van der Waals surface area (Å²) in [5.41, 5.74) is 14.8. The summed E-state index contributed by atoms with van der Waals surface area (Å²) in [6, 6.07) is 9.65. The lowest BCUT2D eigenvalue weighted by molar-refractivity contribution is 0.236. The molecule has 16 heteroatoms. The Bertz CT molecular complexity index is 1940. The van der Waals surface area contributed by atoms with Crippen LogP contribution in [0.15, 0.2) is 49.1 Å². The number of carbonyl (C=O) groups excluding carboxylic acids is 2. The van der Waals surface area contributed by atoms with Gasteiger partial charge in [-0.15, -0.1) is 0 Å². The average molecular weight is 848 g/mol. The van der Waals surface area contributed by atoms with Crippen LogP contribution in [0.5, 0.6) is 5.75 Å². The number of urea groups is 2. The molecule has 4 aromatic heterocycles. The minimum Gasteiger partial charge on any atom is -0.493 e. The van der Waals surface area contributed by atoms with E-state index in [4.69, 9.17) is 4.74 Å². The average Bonchev–Trinajstić information content (AvgIpc) is 3.86. The van der Waals surface area contributed by atoms with Gasteiger partial charge in [-0.1, -0.05) is 121 Å². The van der Waals surface area contributed by atoms with E-state index in [-0.39, 0.29) is 18.1 Å². The monoisotopic (exact) mass is 847 g/mol. The second-order valence-corrected chi connectivity index (χ2v) is 16.4. The fourth-order valence-electron chi connectivity index (χ4n) is 6.55. The quantitative estimate of drug-likeness (QED) is 0.0232. The molecule has 1 unspecified atom stereocenters. The second-order valence-electron chi connectivity index (χ2n) is 14.9. The van der Waals surface area contributed by atoms with Gasteiger partial charge < -0.3 is 15.4 Å². The highest BCUT2D eigenvalue weighted by Gasteiger charge is 2.14. The Hall–Kier alpha value is -4.83. The van der Waals surface area contributed by atoms with E-state index in [1.165, 1.54) is 125 Å². The first-order valence-corrected chi connectivity index (χ1v) is 23.0. The van der Waals surface area contributed by atoms with Crippen molar-refractivity contribution < 1.29 is 14.3 Å². The maximum atomic E-state index is 12.6. The van der Waals surface area contributed by atoms with E-state index in [9.17, 15) is 9.59 Å². The number of ether oxygens (including phenoxy) is 1. The Labute approximate surface area is 358 Å². The van der Waals surface area contributed by atoms with Gasteiger partial charge in [-0.3, -0.25) is 21.7 Å². The van der Waals surface area contributed by atoms with Crippen LogP contribution in [-0.4, -0.2) is 55.0 Å². The molecule has 0 saturated heterocycles. The van der Waals surface area contributed by atoms with Gasteiger partial charge in [-0.25, -0.2) is 24.5 Å². The molecule has 5 aromatic rings. The number of hydrazine groups is 2. The predicted octanol–water partition coefficient (Wildman–Crippen LogP) is 10.8. The number of nitrogens with zero attached hydrogens (tertiary/aromatic N) is 5. The first-order chi connectivity index (χ1) is 28.9. The summed E-state index contributed by atoms with van der Waals surface area (Å²) in [6.45, 7) is 9.63. The van der Waals surface area contributed by atoms with Crippen molar-refractivity contribution in [3.8, 4) is 5.75 Å². The van der Waals surface area contributed by atoms with Crippen molar-refractivity contribution >= 4 is 67.2 Å². The molecule has 4 heterocycles. The van der Waals surface area contributed by atoms with Crippen molar-refractivity contribution in [1.82, 2.24) is 45.2 Å². The Morgan fingerprint density at radius 1 is 0.712 bits per heavy atom. The number of hydrogen-bond donors (Lipinski definition) is 6. The Morgan fingerprint density at radius 3 is 1.98 bits per heavy atom. The zero-order valence-electron chi connectivity index (χ0n) is 35.4. The molecule has 5 rings (SSSR count). The van der Waals surface area contributed by atoms with Crippen LogP contribution in [0.1, 0.15) is 134 Å². The summed E-state index contributed by atoms with van der Waals surface area (Å²) in [4.78, 5) is 36.6. The lowest BCUT2D eigenvalue weighted by atomic mass is 10.00. The van der Waals surface area contributed by atoms with Crippen LogP contribution in [0.2, 0.25) is 0 Å². The molecule has 59 heavy (non-hydrogen) atoms. The molecule has 0 bridgehead atoms. The number of fused-ring (bicyclic) bond motifs is 2. The number of pyridine rings is 1. The van der Waals surface area contributed by atoms with Gasteiger partial charge in [0.25, 0.3) is 0 Å². The molecule has 1 aromatic carbocycles. The van der Waals surface area contributed by atoms with E-state index >= 15 is 0 Å². The molecule has 0 fully saturated rings. The number of aromatic nitrogens is 5. The topological polar surface area (TPSA) is 180 Å². The first-order valence-electron chi connectivity index (χ1n) is 21.5. The summed E-state index contributed by atoms with van der Waals surface area (Å²) in [5.74, 6) is 0.876. The van der Waals surface area contributed by atoms with Crippen LogP contribution in [-0.2, 0) is 0 Å². The molecule has 0 saturated carbocycles. The van der Waals surface area contributed by atoms with Gasteiger partial charge in [-0.2, -0.15) is 8.75 Å². The molecule has 14 nitrogen and oxygen atoms in total. The Kier molecular flexibility index (Phi) is 22.1. The highest BCUT2D eigenvalue weighted by Crippen LogP contribution is 2.26. The zero-order chi connectivity index (χ0) is 41.9. The lowest BCUT2D eigenvalue weighted by Crippen LogP contribution is -2.44. The molecular weight excluding hydrogens is 783 g/mol. The van der Waals surface area contributed by atoms with Crippen molar-refractivity contribution in [2.75, 3.05) is 24.0 Å². The second kappa shape index (κ2) is 27.8. The van der Waals surface area contributed by atoms with Crippen LogP contribution in [0.3, 0.4) is 0 Å². The highest BCUT2D eigenvalue weighted by atomic mass is 32.1. The SMILES string of the molecule is CCCCCCCCCCC(CCCCCCCC)NC(=O)NNc1snc2ncccc12.Cc1ccc(OCCCNC(=O)NNc2snc3ncncc23)c(C)c1. The van der Waals surface area contributed by atoms with E-state index in [0.29, 0.717) is 35.9 Å². The highest BCUT2D eigenvalue weighted by molar-refractivity contribution is 7.12. The first kappa shape index (κ1) is 46.9. The summed E-state index contributed by atoms with van der Waals surface area (Å²) in [7, 11) is 0. The largest absolute Gasteiger partial charge is 0.493 e. The zero-order valence-corrected chi connectivity index (χ0v) is 37.0. The summed E-state index contributed by atoms with van der Waals surface area (Å²) >= 11 is 2.52. The number of aryl methyl sites for hydroxylation is 2.